The molecule has 2 unspecified atom stereocenters. The molecule has 5 heteroatoms. The summed E-state index contributed by atoms with van der Waals surface area (Å²) in [7, 11) is 0. The summed E-state index contributed by atoms with van der Waals surface area (Å²) >= 11 is 5.83. The van der Waals surface area contributed by atoms with Crippen LogP contribution in [-0.2, 0) is 11.2 Å². The molecule has 1 aromatic heterocycles. The minimum absolute atomic E-state index is 0.190. The molecular weight excluding hydrogens is 216 g/mol. The molecule has 15 heavy (non-hydrogen) atoms. The van der Waals surface area contributed by atoms with E-state index in [4.69, 9.17) is 20.9 Å². The van der Waals surface area contributed by atoms with Gasteiger partial charge in [0.05, 0.1) is 11.5 Å². The van der Waals surface area contributed by atoms with Gasteiger partial charge in [-0.3, -0.25) is 0 Å². The molecule has 1 fully saturated rings. The fourth-order valence-corrected chi connectivity index (χ4v) is 1.78. The average molecular weight is 231 g/mol. The maximum absolute atomic E-state index is 5.83. The molecule has 1 aromatic rings. The van der Waals surface area contributed by atoms with Gasteiger partial charge < -0.3 is 9.26 Å². The van der Waals surface area contributed by atoms with E-state index in [1.165, 1.54) is 6.42 Å². The molecule has 2 heterocycles. The lowest BCUT2D eigenvalue weighted by Gasteiger charge is -2.05. The number of rotatable bonds is 4. The average Bonchev–Trinajstić information content (AvgIpc) is 2.86. The lowest BCUT2D eigenvalue weighted by Crippen LogP contribution is -2.06. The third-order valence-electron chi connectivity index (χ3n) is 2.54. The van der Waals surface area contributed by atoms with Gasteiger partial charge in [0.2, 0.25) is 5.89 Å². The number of aromatic nitrogens is 2. The van der Waals surface area contributed by atoms with Gasteiger partial charge in [0.1, 0.15) is 0 Å². The molecule has 0 spiro atoms. The van der Waals surface area contributed by atoms with Crippen LogP contribution < -0.4 is 0 Å². The summed E-state index contributed by atoms with van der Waals surface area (Å²) in [6, 6.07) is 0. The van der Waals surface area contributed by atoms with E-state index in [0.717, 1.165) is 25.9 Å². The highest BCUT2D eigenvalue weighted by molar-refractivity contribution is 6.20. The molecular formula is C10H15ClN2O2. The number of halogens is 1. The first-order chi connectivity index (χ1) is 7.25. The highest BCUT2D eigenvalue weighted by Crippen LogP contribution is 2.19. The predicted molar refractivity (Wildman–Crippen MR) is 55.9 cm³/mol. The van der Waals surface area contributed by atoms with Crippen molar-refractivity contribution in [1.82, 2.24) is 10.1 Å². The first kappa shape index (κ1) is 10.9. The Morgan fingerprint density at radius 1 is 1.60 bits per heavy atom. The van der Waals surface area contributed by atoms with Crippen molar-refractivity contribution in [2.45, 2.75) is 44.1 Å². The second-order valence-electron chi connectivity index (χ2n) is 3.84. The van der Waals surface area contributed by atoms with Crippen molar-refractivity contribution < 1.29 is 9.26 Å². The molecule has 2 atom stereocenters. The topological polar surface area (TPSA) is 48.2 Å². The molecule has 0 aromatic carbocycles. The van der Waals surface area contributed by atoms with E-state index in [0.29, 0.717) is 17.8 Å². The third kappa shape index (κ3) is 2.92. The fraction of sp³-hybridized carbons (Fsp3) is 0.800. The molecule has 0 bridgehead atoms. The van der Waals surface area contributed by atoms with E-state index in [2.05, 4.69) is 10.1 Å². The van der Waals surface area contributed by atoms with Gasteiger partial charge in [-0.25, -0.2) is 0 Å². The van der Waals surface area contributed by atoms with E-state index >= 15 is 0 Å². The van der Waals surface area contributed by atoms with Gasteiger partial charge in [0, 0.05) is 13.0 Å². The van der Waals surface area contributed by atoms with Gasteiger partial charge in [-0.2, -0.15) is 4.98 Å². The molecule has 0 aliphatic carbocycles. The first-order valence-electron chi connectivity index (χ1n) is 5.34. The van der Waals surface area contributed by atoms with Crippen LogP contribution in [-0.4, -0.2) is 22.9 Å². The van der Waals surface area contributed by atoms with Crippen molar-refractivity contribution >= 4 is 11.6 Å². The molecule has 2 rings (SSSR count). The second kappa shape index (κ2) is 4.94. The van der Waals surface area contributed by atoms with Gasteiger partial charge in [-0.1, -0.05) is 5.16 Å². The number of alkyl halides is 1. The van der Waals surface area contributed by atoms with Crippen molar-refractivity contribution in [3.05, 3.63) is 11.7 Å². The van der Waals surface area contributed by atoms with Gasteiger partial charge in [-0.15, -0.1) is 11.6 Å². The van der Waals surface area contributed by atoms with Crippen LogP contribution in [0.2, 0.25) is 0 Å². The minimum Gasteiger partial charge on any atom is -0.378 e. The Balaban J connectivity index is 1.82. The van der Waals surface area contributed by atoms with Crippen LogP contribution in [0.3, 0.4) is 0 Å². The van der Waals surface area contributed by atoms with Crippen LogP contribution in [0.1, 0.15) is 43.3 Å². The lowest BCUT2D eigenvalue weighted by molar-refractivity contribution is 0.102. The number of nitrogens with zero attached hydrogens (tertiary/aromatic N) is 2. The smallest absolute Gasteiger partial charge is 0.226 e. The summed E-state index contributed by atoms with van der Waals surface area (Å²) in [6.45, 7) is 2.72. The standard InChI is InChI=1S/C10H15ClN2O2/c1-7(11)10-12-9(15-13-10)5-4-8-3-2-6-14-8/h7-8H,2-6H2,1H3. The lowest BCUT2D eigenvalue weighted by atomic mass is 10.1. The van der Waals surface area contributed by atoms with Crippen LogP contribution in [0.5, 0.6) is 0 Å². The zero-order valence-corrected chi connectivity index (χ0v) is 9.54. The van der Waals surface area contributed by atoms with Crippen LogP contribution in [0, 0.1) is 0 Å². The Morgan fingerprint density at radius 2 is 2.47 bits per heavy atom. The largest absolute Gasteiger partial charge is 0.378 e. The summed E-state index contributed by atoms with van der Waals surface area (Å²) in [4.78, 5) is 4.21. The van der Waals surface area contributed by atoms with E-state index in [1.54, 1.807) is 0 Å². The monoisotopic (exact) mass is 230 g/mol. The number of aryl methyl sites for hydroxylation is 1. The maximum atomic E-state index is 5.83. The summed E-state index contributed by atoms with van der Waals surface area (Å²) in [6.07, 6.45) is 4.42. The Labute approximate surface area is 93.9 Å². The first-order valence-corrected chi connectivity index (χ1v) is 5.77. The van der Waals surface area contributed by atoms with Crippen LogP contribution in [0.4, 0.5) is 0 Å². The van der Waals surface area contributed by atoms with Crippen molar-refractivity contribution in [3.63, 3.8) is 0 Å². The highest BCUT2D eigenvalue weighted by atomic mass is 35.5. The molecule has 84 valence electrons. The highest BCUT2D eigenvalue weighted by Gasteiger charge is 2.17. The molecule has 0 saturated carbocycles. The zero-order valence-electron chi connectivity index (χ0n) is 8.78. The Hall–Kier alpha value is -0.610. The maximum Gasteiger partial charge on any atom is 0.226 e. The van der Waals surface area contributed by atoms with Gasteiger partial charge in [0.25, 0.3) is 0 Å². The van der Waals surface area contributed by atoms with Gasteiger partial charge >= 0.3 is 0 Å². The summed E-state index contributed by atoms with van der Waals surface area (Å²) < 4.78 is 10.6. The van der Waals surface area contributed by atoms with Crippen molar-refractivity contribution in [3.8, 4) is 0 Å². The van der Waals surface area contributed by atoms with Crippen LogP contribution >= 0.6 is 11.6 Å². The van der Waals surface area contributed by atoms with Gasteiger partial charge in [0.15, 0.2) is 5.82 Å². The fourth-order valence-electron chi connectivity index (χ4n) is 1.69. The van der Waals surface area contributed by atoms with Crippen LogP contribution in [0.25, 0.3) is 0 Å². The molecule has 0 radical (unpaired) electrons. The predicted octanol–water partition coefficient (Wildman–Crippen LogP) is 2.48. The summed E-state index contributed by atoms with van der Waals surface area (Å²) in [5.74, 6) is 1.23. The number of ether oxygens (including phenoxy) is 1. The van der Waals surface area contributed by atoms with E-state index < -0.39 is 0 Å². The summed E-state index contributed by atoms with van der Waals surface area (Å²) in [5.41, 5.74) is 0. The van der Waals surface area contributed by atoms with Gasteiger partial charge in [-0.05, 0) is 26.2 Å². The second-order valence-corrected chi connectivity index (χ2v) is 4.49. The van der Waals surface area contributed by atoms with Crippen LogP contribution in [0.15, 0.2) is 4.52 Å². The Kier molecular flexibility index (Phi) is 3.59. The number of hydrogen-bond acceptors (Lipinski definition) is 4. The molecule has 0 N–H and O–H groups in total. The van der Waals surface area contributed by atoms with Crippen molar-refractivity contribution in [2.24, 2.45) is 0 Å². The zero-order chi connectivity index (χ0) is 10.7. The van der Waals surface area contributed by atoms with E-state index in [1.807, 2.05) is 6.92 Å². The third-order valence-corrected chi connectivity index (χ3v) is 2.74. The molecule has 1 aliphatic rings. The Bertz CT molecular complexity index is 308. The SMILES string of the molecule is CC(Cl)c1noc(CCC2CCCO2)n1. The summed E-state index contributed by atoms with van der Waals surface area (Å²) in [5, 5.41) is 3.61. The van der Waals surface area contributed by atoms with E-state index in [9.17, 15) is 0 Å². The molecule has 4 nitrogen and oxygen atoms in total. The normalized spacial score (nSPS) is 23.2. The number of hydrogen-bond donors (Lipinski definition) is 0. The quantitative estimate of drug-likeness (QED) is 0.746. The molecule has 0 amide bonds. The van der Waals surface area contributed by atoms with Crippen molar-refractivity contribution in [2.75, 3.05) is 6.61 Å². The molecule has 1 saturated heterocycles. The van der Waals surface area contributed by atoms with Crippen molar-refractivity contribution in [1.29, 1.82) is 0 Å². The minimum atomic E-state index is -0.190. The Morgan fingerprint density at radius 3 is 3.07 bits per heavy atom. The molecule has 1 aliphatic heterocycles. The van der Waals surface area contributed by atoms with E-state index in [-0.39, 0.29) is 5.38 Å².